The molecule has 1 aromatic carbocycles. The molecule has 27 heavy (non-hydrogen) atoms. The van der Waals surface area contributed by atoms with E-state index in [9.17, 15) is 0 Å². The zero-order valence-electron chi connectivity index (χ0n) is 15.4. The normalized spacial score (nSPS) is 18.1. The Morgan fingerprint density at radius 3 is 2.70 bits per heavy atom. The lowest BCUT2D eigenvalue weighted by Gasteiger charge is -2.25. The molecule has 1 saturated carbocycles. The molecule has 1 saturated heterocycles. The summed E-state index contributed by atoms with van der Waals surface area (Å²) < 4.78 is 5.46. The van der Waals surface area contributed by atoms with Gasteiger partial charge in [0.05, 0.1) is 25.1 Å². The molecule has 0 amide bonds. The summed E-state index contributed by atoms with van der Waals surface area (Å²) in [4.78, 5) is 13.3. The molecule has 3 aromatic rings. The Hall–Kier alpha value is -2.02. The molecule has 140 valence electrons. The van der Waals surface area contributed by atoms with Gasteiger partial charge in [-0.05, 0) is 24.3 Å². The average Bonchev–Trinajstić information content (AvgIpc) is 3.45. The minimum Gasteiger partial charge on any atom is -0.379 e. The minimum atomic E-state index is 0.788. The fourth-order valence-electron chi connectivity index (χ4n) is 3.54. The van der Waals surface area contributed by atoms with E-state index in [1.54, 1.807) is 11.3 Å². The highest BCUT2D eigenvalue weighted by molar-refractivity contribution is 7.17. The number of morpholine rings is 1. The van der Waals surface area contributed by atoms with Gasteiger partial charge in [0.25, 0.3) is 0 Å². The van der Waals surface area contributed by atoms with E-state index in [2.05, 4.69) is 45.9 Å². The molecular weight excluding hydrogens is 356 g/mol. The molecule has 2 fully saturated rings. The van der Waals surface area contributed by atoms with E-state index in [1.807, 2.05) is 0 Å². The van der Waals surface area contributed by atoms with E-state index >= 15 is 0 Å². The Morgan fingerprint density at radius 1 is 1.11 bits per heavy atom. The van der Waals surface area contributed by atoms with Gasteiger partial charge in [0.15, 0.2) is 0 Å². The van der Waals surface area contributed by atoms with Crippen LogP contribution in [0.4, 0.5) is 5.82 Å². The van der Waals surface area contributed by atoms with Crippen LogP contribution in [0.25, 0.3) is 21.3 Å². The monoisotopic (exact) mass is 380 g/mol. The molecule has 0 unspecified atom stereocenters. The van der Waals surface area contributed by atoms with Crippen LogP contribution in [0.15, 0.2) is 35.7 Å². The van der Waals surface area contributed by atoms with E-state index in [1.165, 1.54) is 24.0 Å². The predicted octanol–water partition coefficient (Wildman–Crippen LogP) is 4.01. The summed E-state index contributed by atoms with van der Waals surface area (Å²) in [5.74, 6) is 2.70. The summed E-state index contributed by atoms with van der Waals surface area (Å²) in [5.41, 5.74) is 2.45. The van der Waals surface area contributed by atoms with E-state index in [4.69, 9.17) is 14.7 Å². The van der Waals surface area contributed by atoms with E-state index in [0.717, 1.165) is 67.2 Å². The van der Waals surface area contributed by atoms with Crippen molar-refractivity contribution in [2.24, 2.45) is 5.92 Å². The first-order chi connectivity index (χ1) is 13.4. The molecule has 1 aliphatic heterocycles. The van der Waals surface area contributed by atoms with Crippen LogP contribution in [0.1, 0.15) is 18.7 Å². The third-order valence-electron chi connectivity index (χ3n) is 5.29. The summed E-state index contributed by atoms with van der Waals surface area (Å²) >= 11 is 1.71. The van der Waals surface area contributed by atoms with E-state index in [0.29, 0.717) is 0 Å². The third kappa shape index (κ3) is 3.83. The molecule has 0 bridgehead atoms. The zero-order valence-corrected chi connectivity index (χ0v) is 16.2. The number of fused-ring (bicyclic) bond motifs is 1. The fourth-order valence-corrected chi connectivity index (χ4v) is 4.50. The second kappa shape index (κ2) is 7.54. The van der Waals surface area contributed by atoms with Crippen LogP contribution in [-0.2, 0) is 11.3 Å². The van der Waals surface area contributed by atoms with E-state index < -0.39 is 0 Å². The lowest BCUT2D eigenvalue weighted by molar-refractivity contribution is 0.0331. The maximum Gasteiger partial charge on any atom is 0.146 e. The second-order valence-electron chi connectivity index (χ2n) is 7.40. The van der Waals surface area contributed by atoms with Crippen molar-refractivity contribution in [2.45, 2.75) is 19.4 Å². The van der Waals surface area contributed by atoms with Crippen molar-refractivity contribution in [2.75, 3.05) is 38.2 Å². The second-order valence-corrected chi connectivity index (χ2v) is 8.25. The zero-order chi connectivity index (χ0) is 18.1. The van der Waals surface area contributed by atoms with Gasteiger partial charge in [0, 0.05) is 30.6 Å². The molecule has 5 nitrogen and oxygen atoms in total. The van der Waals surface area contributed by atoms with Gasteiger partial charge in [-0.15, -0.1) is 11.3 Å². The smallest absolute Gasteiger partial charge is 0.146 e. The maximum atomic E-state index is 5.46. The van der Waals surface area contributed by atoms with Crippen LogP contribution < -0.4 is 5.32 Å². The van der Waals surface area contributed by atoms with Crippen molar-refractivity contribution in [3.8, 4) is 11.1 Å². The minimum absolute atomic E-state index is 0.788. The number of benzene rings is 1. The molecule has 3 heterocycles. The Bertz CT molecular complexity index is 917. The third-order valence-corrected chi connectivity index (χ3v) is 6.16. The highest BCUT2D eigenvalue weighted by Gasteiger charge is 2.23. The van der Waals surface area contributed by atoms with Gasteiger partial charge >= 0.3 is 0 Å². The van der Waals surface area contributed by atoms with Gasteiger partial charge in [0.2, 0.25) is 0 Å². The van der Waals surface area contributed by atoms with Gasteiger partial charge in [-0.25, -0.2) is 9.97 Å². The van der Waals surface area contributed by atoms with Crippen LogP contribution >= 0.6 is 11.3 Å². The summed E-state index contributed by atoms with van der Waals surface area (Å²) in [6, 6.07) is 10.6. The number of aromatic nitrogens is 2. The molecule has 0 atom stereocenters. The van der Waals surface area contributed by atoms with Crippen LogP contribution in [0, 0.1) is 5.92 Å². The maximum absolute atomic E-state index is 5.46. The number of nitrogens with zero attached hydrogens (tertiary/aromatic N) is 3. The highest BCUT2D eigenvalue weighted by atomic mass is 32.1. The quantitative estimate of drug-likeness (QED) is 0.700. The van der Waals surface area contributed by atoms with Gasteiger partial charge in [-0.1, -0.05) is 30.3 Å². The van der Waals surface area contributed by atoms with E-state index in [-0.39, 0.29) is 0 Å². The lowest BCUT2D eigenvalue weighted by Crippen LogP contribution is -2.36. The summed E-state index contributed by atoms with van der Waals surface area (Å²) in [7, 11) is 0. The van der Waals surface area contributed by atoms with Gasteiger partial charge < -0.3 is 10.1 Å². The van der Waals surface area contributed by atoms with Gasteiger partial charge in [0.1, 0.15) is 16.5 Å². The van der Waals surface area contributed by atoms with Crippen LogP contribution in [-0.4, -0.2) is 47.7 Å². The van der Waals surface area contributed by atoms with Crippen LogP contribution in [0.2, 0.25) is 0 Å². The molecule has 6 heteroatoms. The topological polar surface area (TPSA) is 50.3 Å². The number of rotatable bonds is 6. The molecule has 0 radical (unpaired) electrons. The van der Waals surface area contributed by atoms with Crippen molar-refractivity contribution in [1.29, 1.82) is 0 Å². The molecule has 2 aromatic heterocycles. The SMILES string of the molecule is c1ccc(-c2csc3nc(CN4CCOCC4)nc(NCC4CC4)c23)cc1. The van der Waals surface area contributed by atoms with Crippen molar-refractivity contribution in [3.63, 3.8) is 0 Å². The number of nitrogens with one attached hydrogen (secondary N) is 1. The standard InChI is InChI=1S/C21H24N4OS/c1-2-4-16(5-3-1)17-14-27-21-19(17)20(22-12-15-6-7-15)23-18(24-21)13-25-8-10-26-11-9-25/h1-5,14-15H,6-13H2,(H,22,23,24). The molecule has 2 aliphatic rings. The first-order valence-corrected chi connectivity index (χ1v) is 10.6. The Labute approximate surface area is 163 Å². The molecule has 1 N–H and O–H groups in total. The number of anilines is 1. The predicted molar refractivity (Wildman–Crippen MR) is 110 cm³/mol. The molecule has 0 spiro atoms. The van der Waals surface area contributed by atoms with Crippen molar-refractivity contribution in [1.82, 2.24) is 14.9 Å². The summed E-state index contributed by atoms with van der Waals surface area (Å²) in [6.45, 7) is 5.29. The number of hydrogen-bond donors (Lipinski definition) is 1. The summed E-state index contributed by atoms with van der Waals surface area (Å²) in [5, 5.41) is 7.02. The Kier molecular flexibility index (Phi) is 4.78. The number of hydrogen-bond acceptors (Lipinski definition) is 6. The molecule has 5 rings (SSSR count). The fraction of sp³-hybridized carbons (Fsp3) is 0.429. The largest absolute Gasteiger partial charge is 0.379 e. The number of thiophene rings is 1. The molecular formula is C21H24N4OS. The van der Waals surface area contributed by atoms with Crippen LogP contribution in [0.5, 0.6) is 0 Å². The van der Waals surface area contributed by atoms with Crippen LogP contribution in [0.3, 0.4) is 0 Å². The summed E-state index contributed by atoms with van der Waals surface area (Å²) in [6.07, 6.45) is 2.66. The van der Waals surface area contributed by atoms with Gasteiger partial charge in [-0.3, -0.25) is 4.90 Å². The first kappa shape index (κ1) is 17.1. The Morgan fingerprint density at radius 2 is 1.93 bits per heavy atom. The lowest BCUT2D eigenvalue weighted by atomic mass is 10.1. The van der Waals surface area contributed by atoms with Crippen molar-refractivity contribution in [3.05, 3.63) is 41.5 Å². The van der Waals surface area contributed by atoms with Crippen molar-refractivity contribution < 1.29 is 4.74 Å². The highest BCUT2D eigenvalue weighted by Crippen LogP contribution is 2.38. The average molecular weight is 381 g/mol. The number of ether oxygens (including phenoxy) is 1. The molecule has 1 aliphatic carbocycles. The van der Waals surface area contributed by atoms with Crippen molar-refractivity contribution >= 4 is 27.4 Å². The first-order valence-electron chi connectivity index (χ1n) is 9.74. The Balaban J connectivity index is 1.52. The van der Waals surface area contributed by atoms with Gasteiger partial charge in [-0.2, -0.15) is 0 Å².